The van der Waals surface area contributed by atoms with Crippen molar-refractivity contribution in [3.8, 4) is 0 Å². The average Bonchev–Trinajstić information content (AvgIpc) is 2.82. The van der Waals surface area contributed by atoms with Crippen LogP contribution < -0.4 is 0 Å². The third-order valence-corrected chi connectivity index (χ3v) is 4.34. The quantitative estimate of drug-likeness (QED) is 0.267. The van der Waals surface area contributed by atoms with Crippen molar-refractivity contribution in [3.63, 3.8) is 0 Å². The van der Waals surface area contributed by atoms with Gasteiger partial charge in [-0.25, -0.2) is 0 Å². The van der Waals surface area contributed by atoms with E-state index in [1.54, 1.807) is 31.3 Å². The molecule has 0 N–H and O–H groups in total. The molecule has 1 nitrogen and oxygen atoms in total. The molecule has 0 fully saturated rings. The number of hydrogen-bond acceptors (Lipinski definition) is 1. The van der Waals surface area contributed by atoms with E-state index < -0.39 is 0 Å². The number of rotatable bonds is 7. The van der Waals surface area contributed by atoms with Crippen LogP contribution in [-0.4, -0.2) is 6.29 Å². The molecule has 33 heavy (non-hydrogen) atoms. The van der Waals surface area contributed by atoms with Crippen LogP contribution in [0.1, 0.15) is 105 Å². The summed E-state index contributed by atoms with van der Waals surface area (Å²) in [7, 11) is 0. The van der Waals surface area contributed by atoms with Crippen LogP contribution in [0.5, 0.6) is 0 Å². The maximum Gasteiger partial charge on any atom is 2.00 e. The van der Waals surface area contributed by atoms with Gasteiger partial charge in [0.25, 0.3) is 0 Å². The SMILES string of the molecule is CC.CC(C)[C-]=O.CCC(C)C.CCCCc1ccc(C)cc1CCC.[U+2].[c-]1ccccc1. The molecule has 0 bridgehead atoms. The Kier molecular flexibility index (Phi) is 37.2. The van der Waals surface area contributed by atoms with Crippen LogP contribution in [0.4, 0.5) is 0 Å². The predicted octanol–water partition coefficient (Wildman–Crippen LogP) is 9.61. The van der Waals surface area contributed by atoms with E-state index in [9.17, 15) is 4.79 Å². The van der Waals surface area contributed by atoms with Crippen LogP contribution in [0.15, 0.2) is 48.5 Å². The van der Waals surface area contributed by atoms with Gasteiger partial charge in [-0.2, -0.15) is 36.4 Å². The van der Waals surface area contributed by atoms with Crippen molar-refractivity contribution >= 4 is 6.29 Å². The molecule has 186 valence electrons. The molecule has 0 saturated carbocycles. The molecule has 2 aromatic carbocycles. The van der Waals surface area contributed by atoms with Gasteiger partial charge in [-0.15, -0.1) is 5.92 Å². The van der Waals surface area contributed by atoms with Crippen molar-refractivity contribution in [2.75, 3.05) is 0 Å². The minimum Gasteiger partial charge on any atom is -0.542 e. The van der Waals surface area contributed by atoms with E-state index in [2.05, 4.69) is 65.8 Å². The fraction of sp³-hybridized carbons (Fsp3) is 0.581. The van der Waals surface area contributed by atoms with Gasteiger partial charge in [0.1, 0.15) is 0 Å². The van der Waals surface area contributed by atoms with Gasteiger partial charge in [0.15, 0.2) is 0 Å². The van der Waals surface area contributed by atoms with E-state index in [-0.39, 0.29) is 37.0 Å². The van der Waals surface area contributed by atoms with Crippen LogP contribution in [0.2, 0.25) is 0 Å². The molecule has 0 aliphatic carbocycles. The second kappa shape index (κ2) is 31.2. The molecule has 0 unspecified atom stereocenters. The summed E-state index contributed by atoms with van der Waals surface area (Å²) >= 11 is 0. The molecule has 0 heterocycles. The van der Waals surface area contributed by atoms with E-state index in [0.717, 1.165) is 5.92 Å². The molecule has 2 heteroatoms. The first-order valence-corrected chi connectivity index (χ1v) is 12.7. The Balaban J connectivity index is -0.000000185. The summed E-state index contributed by atoms with van der Waals surface area (Å²) in [6.45, 7) is 20.9. The number of carbonyl (C=O) groups excluding carboxylic acids is 1. The molecule has 0 spiro atoms. The van der Waals surface area contributed by atoms with Gasteiger partial charge in [-0.05, 0) is 43.2 Å². The predicted molar refractivity (Wildman–Crippen MR) is 146 cm³/mol. The normalized spacial score (nSPS) is 8.85. The number of benzene rings is 2. The minimum absolute atomic E-state index is 0. The van der Waals surface area contributed by atoms with Crippen molar-refractivity contribution in [3.05, 3.63) is 71.3 Å². The van der Waals surface area contributed by atoms with E-state index >= 15 is 0 Å². The third kappa shape index (κ3) is 31.2. The second-order valence-electron chi connectivity index (χ2n) is 8.28. The number of aryl methyl sites for hydroxylation is 3. The van der Waals surface area contributed by atoms with Gasteiger partial charge in [0.05, 0.1) is 0 Å². The molecular formula is C31H52OU. The van der Waals surface area contributed by atoms with Gasteiger partial charge in [0, 0.05) is 0 Å². The average molecular weight is 679 g/mol. The summed E-state index contributed by atoms with van der Waals surface area (Å²) in [6.07, 6.45) is 9.44. The summed E-state index contributed by atoms with van der Waals surface area (Å²) in [4.78, 5) is 9.38. The summed E-state index contributed by atoms with van der Waals surface area (Å²) < 4.78 is 0. The third-order valence-electron chi connectivity index (χ3n) is 4.34. The zero-order chi connectivity index (χ0) is 25.2. The van der Waals surface area contributed by atoms with Crippen molar-refractivity contribution in [1.29, 1.82) is 0 Å². The standard InChI is InChI=1S/C14H22.C6H5.C5H12.C4H7O.C2H6.U/c1-4-6-8-13-10-9-12(3)11-14(13)7-5-2;1-2-4-6-5-3-1;1-4-5(2)3;1-4(2)3-5;1-2;/h9-11H,4-8H2,1-3H3;1-5H;5H,4H2,1-3H3;4H,1-2H3;1-2H3;/q;-1;;-1;;+2. The maximum absolute atomic E-state index is 9.38. The largest absolute Gasteiger partial charge is 2.00 e. The van der Waals surface area contributed by atoms with Gasteiger partial charge >= 0.3 is 31.1 Å². The topological polar surface area (TPSA) is 17.1 Å². The van der Waals surface area contributed by atoms with E-state index in [0.29, 0.717) is 0 Å². The maximum atomic E-state index is 9.38. The number of unbranched alkanes of at least 4 members (excludes halogenated alkanes) is 1. The molecule has 0 radical (unpaired) electrons. The molecule has 0 aliphatic heterocycles. The Hall–Kier alpha value is -0.838. The van der Waals surface area contributed by atoms with Crippen molar-refractivity contribution < 1.29 is 35.9 Å². The second-order valence-corrected chi connectivity index (χ2v) is 8.28. The molecule has 0 atom stereocenters. The summed E-state index contributed by atoms with van der Waals surface area (Å²) in [5, 5.41) is 0. The number of hydrogen-bond donors (Lipinski definition) is 0. The zero-order valence-electron chi connectivity index (χ0n) is 23.4. The van der Waals surface area contributed by atoms with Crippen molar-refractivity contribution in [2.24, 2.45) is 11.8 Å². The Morgan fingerprint density at radius 1 is 0.848 bits per heavy atom. The van der Waals surface area contributed by atoms with E-state index in [1.165, 1.54) is 44.1 Å². The fourth-order valence-corrected chi connectivity index (χ4v) is 2.21. The molecule has 0 aromatic heterocycles. The summed E-state index contributed by atoms with van der Waals surface area (Å²) in [5.41, 5.74) is 4.54. The molecule has 2 rings (SSSR count). The summed E-state index contributed by atoms with van der Waals surface area (Å²) in [5.74, 6) is 0.963. The van der Waals surface area contributed by atoms with Crippen LogP contribution in [-0.2, 0) is 17.6 Å². The molecule has 2 aromatic rings. The Morgan fingerprint density at radius 2 is 1.36 bits per heavy atom. The molecular weight excluding hydrogens is 626 g/mol. The molecule has 0 aliphatic rings. The van der Waals surface area contributed by atoms with E-state index in [4.69, 9.17) is 0 Å². The van der Waals surface area contributed by atoms with Crippen LogP contribution >= 0.6 is 0 Å². The van der Waals surface area contributed by atoms with E-state index in [1.807, 2.05) is 44.2 Å². The Morgan fingerprint density at radius 3 is 1.67 bits per heavy atom. The fourth-order valence-electron chi connectivity index (χ4n) is 2.21. The van der Waals surface area contributed by atoms with Crippen molar-refractivity contribution in [2.45, 2.75) is 108 Å². The van der Waals surface area contributed by atoms with Gasteiger partial charge in [0.2, 0.25) is 0 Å². The Bertz CT molecular complexity index is 579. The Labute approximate surface area is 231 Å². The van der Waals surface area contributed by atoms with Gasteiger partial charge < -0.3 is 4.79 Å². The van der Waals surface area contributed by atoms with Crippen LogP contribution in [0.25, 0.3) is 0 Å². The zero-order valence-corrected chi connectivity index (χ0v) is 27.6. The van der Waals surface area contributed by atoms with Gasteiger partial charge in [-0.3, -0.25) is 6.29 Å². The summed E-state index contributed by atoms with van der Waals surface area (Å²) in [6, 6.07) is 19.4. The first-order chi connectivity index (χ1) is 15.3. The molecule has 0 amide bonds. The van der Waals surface area contributed by atoms with Crippen LogP contribution in [0.3, 0.4) is 0 Å². The molecule has 0 saturated heterocycles. The first kappa shape index (κ1) is 39.4. The minimum atomic E-state index is 0. The van der Waals surface area contributed by atoms with Crippen molar-refractivity contribution in [1.82, 2.24) is 0 Å². The van der Waals surface area contributed by atoms with Crippen LogP contribution in [0, 0.1) is 55.9 Å². The van der Waals surface area contributed by atoms with Gasteiger partial charge in [-0.1, -0.05) is 105 Å². The smallest absolute Gasteiger partial charge is 0.542 e. The monoisotopic (exact) mass is 678 g/mol. The first-order valence-electron chi connectivity index (χ1n) is 12.7.